The average molecular weight is 379 g/mol. The van der Waals surface area contributed by atoms with Crippen LogP contribution in [0.4, 0.5) is 5.69 Å². The van der Waals surface area contributed by atoms with Crippen LogP contribution >= 0.6 is 11.6 Å². The molecule has 3 rings (SSSR count). The predicted molar refractivity (Wildman–Crippen MR) is 103 cm³/mol. The minimum absolute atomic E-state index is 0.196. The maximum Gasteiger partial charge on any atom is 0.178 e. The van der Waals surface area contributed by atoms with E-state index in [9.17, 15) is 8.42 Å². The Kier molecular flexibility index (Phi) is 5.99. The smallest absolute Gasteiger partial charge is 0.178 e. The molecule has 1 saturated heterocycles. The van der Waals surface area contributed by atoms with E-state index < -0.39 is 9.84 Å². The summed E-state index contributed by atoms with van der Waals surface area (Å²) >= 11 is 6.26. The lowest BCUT2D eigenvalue weighted by atomic mass is 10.2. The average Bonchev–Trinajstić information content (AvgIpc) is 2.63. The molecular formula is C19H23ClN2O2S. The van der Waals surface area contributed by atoms with Gasteiger partial charge in [-0.2, -0.15) is 0 Å². The first kappa shape index (κ1) is 18.2. The molecule has 25 heavy (non-hydrogen) atoms. The second-order valence-electron chi connectivity index (χ2n) is 6.27. The molecule has 0 radical (unpaired) electrons. The largest absolute Gasteiger partial charge is 0.368 e. The summed E-state index contributed by atoms with van der Waals surface area (Å²) in [6.45, 7) is 4.49. The van der Waals surface area contributed by atoms with Crippen molar-refractivity contribution in [2.75, 3.05) is 43.4 Å². The second kappa shape index (κ2) is 8.21. The highest BCUT2D eigenvalue weighted by molar-refractivity contribution is 7.91. The number of nitrogens with zero attached hydrogens (tertiary/aromatic N) is 2. The van der Waals surface area contributed by atoms with Crippen LogP contribution < -0.4 is 4.90 Å². The fourth-order valence-electron chi connectivity index (χ4n) is 3.14. The lowest BCUT2D eigenvalue weighted by molar-refractivity contribution is 0.259. The summed E-state index contributed by atoms with van der Waals surface area (Å²) in [6, 6.07) is 16.6. The zero-order chi connectivity index (χ0) is 17.7. The van der Waals surface area contributed by atoms with Crippen molar-refractivity contribution in [3.05, 3.63) is 59.6 Å². The van der Waals surface area contributed by atoms with E-state index in [1.54, 1.807) is 24.3 Å². The van der Waals surface area contributed by atoms with Gasteiger partial charge in [0.25, 0.3) is 0 Å². The summed E-state index contributed by atoms with van der Waals surface area (Å²) < 4.78 is 24.6. The van der Waals surface area contributed by atoms with Gasteiger partial charge < -0.3 is 4.90 Å². The standard InChI is InChI=1S/C19H23ClN2O2S/c20-18-9-4-5-10-19(18)22-14-12-21(13-15-22)11-6-16-25(23,24)17-7-2-1-3-8-17/h1-5,7-10H,6,11-16H2. The molecule has 0 N–H and O–H groups in total. The molecule has 2 aromatic rings. The van der Waals surface area contributed by atoms with E-state index in [2.05, 4.69) is 9.80 Å². The van der Waals surface area contributed by atoms with Gasteiger partial charge in [0.05, 0.1) is 21.4 Å². The van der Waals surface area contributed by atoms with E-state index >= 15 is 0 Å². The number of halogens is 1. The maximum absolute atomic E-state index is 12.3. The molecule has 1 aliphatic rings. The maximum atomic E-state index is 12.3. The molecule has 2 aromatic carbocycles. The van der Waals surface area contributed by atoms with Gasteiger partial charge in [-0.15, -0.1) is 0 Å². The number of anilines is 1. The zero-order valence-corrected chi connectivity index (χ0v) is 15.7. The highest BCUT2D eigenvalue weighted by Crippen LogP contribution is 2.26. The summed E-state index contributed by atoms with van der Waals surface area (Å²) in [6.07, 6.45) is 0.656. The number of benzene rings is 2. The molecule has 1 aliphatic heterocycles. The quantitative estimate of drug-likeness (QED) is 0.773. The molecule has 0 aromatic heterocycles. The molecule has 4 nitrogen and oxygen atoms in total. The van der Waals surface area contributed by atoms with E-state index in [4.69, 9.17) is 11.6 Å². The Hall–Kier alpha value is -1.56. The highest BCUT2D eigenvalue weighted by Gasteiger charge is 2.19. The monoisotopic (exact) mass is 378 g/mol. The van der Waals surface area contributed by atoms with Crippen LogP contribution in [0.3, 0.4) is 0 Å². The van der Waals surface area contributed by atoms with Gasteiger partial charge in [0.15, 0.2) is 9.84 Å². The number of sulfone groups is 1. The fraction of sp³-hybridized carbons (Fsp3) is 0.368. The minimum atomic E-state index is -3.17. The molecule has 0 saturated carbocycles. The predicted octanol–water partition coefficient (Wildman–Crippen LogP) is 3.33. The first-order valence-corrected chi connectivity index (χ1v) is 10.6. The SMILES string of the molecule is O=S(=O)(CCCN1CCN(c2ccccc2Cl)CC1)c1ccccc1. The summed E-state index contributed by atoms with van der Waals surface area (Å²) in [5.74, 6) is 0.196. The van der Waals surface area contributed by atoms with E-state index in [0.717, 1.165) is 43.4 Å². The molecular weight excluding hydrogens is 356 g/mol. The van der Waals surface area contributed by atoms with Gasteiger partial charge >= 0.3 is 0 Å². The van der Waals surface area contributed by atoms with Gasteiger partial charge in [0, 0.05) is 26.2 Å². The van der Waals surface area contributed by atoms with Gasteiger partial charge in [0.1, 0.15) is 0 Å². The van der Waals surface area contributed by atoms with E-state index in [0.29, 0.717) is 11.3 Å². The lowest BCUT2D eigenvalue weighted by Gasteiger charge is -2.36. The van der Waals surface area contributed by atoms with Crippen molar-refractivity contribution in [2.24, 2.45) is 0 Å². The van der Waals surface area contributed by atoms with Gasteiger partial charge in [-0.1, -0.05) is 41.9 Å². The minimum Gasteiger partial charge on any atom is -0.368 e. The Morgan fingerprint density at radius 2 is 1.52 bits per heavy atom. The Balaban J connectivity index is 1.46. The Morgan fingerprint density at radius 1 is 0.880 bits per heavy atom. The normalized spacial score (nSPS) is 16.1. The number of rotatable bonds is 6. The summed E-state index contributed by atoms with van der Waals surface area (Å²) in [5.41, 5.74) is 1.08. The van der Waals surface area contributed by atoms with E-state index in [-0.39, 0.29) is 5.75 Å². The van der Waals surface area contributed by atoms with Crippen molar-refractivity contribution in [3.63, 3.8) is 0 Å². The van der Waals surface area contributed by atoms with Crippen LogP contribution in [0.25, 0.3) is 0 Å². The van der Waals surface area contributed by atoms with Crippen LogP contribution in [0.5, 0.6) is 0 Å². The van der Waals surface area contributed by atoms with Crippen molar-refractivity contribution in [2.45, 2.75) is 11.3 Å². The summed E-state index contributed by atoms with van der Waals surface area (Å²) in [5, 5.41) is 0.782. The first-order chi connectivity index (χ1) is 12.1. The third-order valence-electron chi connectivity index (χ3n) is 4.56. The molecule has 0 unspecified atom stereocenters. The Bertz CT molecular complexity index is 788. The van der Waals surface area contributed by atoms with Crippen LogP contribution in [0.2, 0.25) is 5.02 Å². The van der Waals surface area contributed by atoms with E-state index in [1.807, 2.05) is 30.3 Å². The van der Waals surface area contributed by atoms with Crippen molar-refractivity contribution < 1.29 is 8.42 Å². The fourth-order valence-corrected chi connectivity index (χ4v) is 4.72. The van der Waals surface area contributed by atoms with Gasteiger partial charge in [0.2, 0.25) is 0 Å². The zero-order valence-electron chi connectivity index (χ0n) is 14.1. The van der Waals surface area contributed by atoms with Crippen LogP contribution in [-0.4, -0.2) is 51.8 Å². The molecule has 1 fully saturated rings. The van der Waals surface area contributed by atoms with Crippen LogP contribution in [0.1, 0.15) is 6.42 Å². The number of para-hydroxylation sites is 1. The van der Waals surface area contributed by atoms with Crippen molar-refractivity contribution in [1.29, 1.82) is 0 Å². The van der Waals surface area contributed by atoms with Crippen LogP contribution in [0, 0.1) is 0 Å². The van der Waals surface area contributed by atoms with Crippen LogP contribution in [-0.2, 0) is 9.84 Å². The molecule has 0 atom stereocenters. The van der Waals surface area contributed by atoms with Crippen molar-refractivity contribution in [1.82, 2.24) is 4.90 Å². The number of hydrogen-bond donors (Lipinski definition) is 0. The molecule has 1 heterocycles. The topological polar surface area (TPSA) is 40.6 Å². The number of piperazine rings is 1. The van der Waals surface area contributed by atoms with Gasteiger partial charge in [-0.3, -0.25) is 4.90 Å². The molecule has 134 valence electrons. The van der Waals surface area contributed by atoms with Crippen LogP contribution in [0.15, 0.2) is 59.5 Å². The Labute approximate surface area is 154 Å². The molecule has 0 aliphatic carbocycles. The lowest BCUT2D eigenvalue weighted by Crippen LogP contribution is -2.46. The molecule has 0 spiro atoms. The highest BCUT2D eigenvalue weighted by atomic mass is 35.5. The van der Waals surface area contributed by atoms with Crippen molar-refractivity contribution >= 4 is 27.1 Å². The van der Waals surface area contributed by atoms with Crippen molar-refractivity contribution in [3.8, 4) is 0 Å². The summed E-state index contributed by atoms with van der Waals surface area (Å²) in [7, 11) is -3.17. The molecule has 6 heteroatoms. The first-order valence-electron chi connectivity index (χ1n) is 8.56. The van der Waals surface area contributed by atoms with E-state index in [1.165, 1.54) is 0 Å². The van der Waals surface area contributed by atoms with Gasteiger partial charge in [-0.25, -0.2) is 8.42 Å². The number of hydrogen-bond acceptors (Lipinski definition) is 4. The third kappa shape index (κ3) is 4.75. The van der Waals surface area contributed by atoms with Gasteiger partial charge in [-0.05, 0) is 37.2 Å². The molecule has 0 bridgehead atoms. The Morgan fingerprint density at radius 3 is 2.20 bits per heavy atom. The second-order valence-corrected chi connectivity index (χ2v) is 8.78. The summed E-state index contributed by atoms with van der Waals surface area (Å²) in [4.78, 5) is 5.03. The third-order valence-corrected chi connectivity index (χ3v) is 6.69. The molecule has 0 amide bonds.